The van der Waals surface area contributed by atoms with Gasteiger partial charge in [-0.1, -0.05) is 61.5 Å². The second-order valence-corrected chi connectivity index (χ2v) is 7.62. The average Bonchev–Trinajstić information content (AvgIpc) is 2.78. The smallest absolute Gasteiger partial charge is 0.307 e. The highest BCUT2D eigenvalue weighted by Crippen LogP contribution is 2.30. The van der Waals surface area contributed by atoms with Crippen LogP contribution in [0, 0.1) is 0 Å². The van der Waals surface area contributed by atoms with Gasteiger partial charge in [-0.3, -0.25) is 4.79 Å². The summed E-state index contributed by atoms with van der Waals surface area (Å²) in [5.74, 6) is -0.106. The molecule has 4 nitrogen and oxygen atoms in total. The number of rotatable bonds is 9. The van der Waals surface area contributed by atoms with Gasteiger partial charge < -0.3 is 14.4 Å². The minimum atomic E-state index is -0.106. The van der Waals surface area contributed by atoms with Crippen LogP contribution in [0.25, 0.3) is 0 Å². The molecule has 0 N–H and O–H groups in total. The maximum absolute atomic E-state index is 11.6. The van der Waals surface area contributed by atoms with Gasteiger partial charge in [-0.2, -0.15) is 0 Å². The quantitative estimate of drug-likeness (QED) is 0.512. The molecule has 0 radical (unpaired) electrons. The highest BCUT2D eigenvalue weighted by Gasteiger charge is 2.25. The first-order valence-electron chi connectivity index (χ1n) is 10.9. The van der Waals surface area contributed by atoms with E-state index in [9.17, 15) is 4.79 Å². The first-order chi connectivity index (χ1) is 14.2. The van der Waals surface area contributed by atoms with Crippen molar-refractivity contribution in [2.45, 2.75) is 51.7 Å². The number of ether oxygens (including phenoxy) is 2. The first kappa shape index (κ1) is 24.4. The Labute approximate surface area is 187 Å². The number of hydrogen-bond donors (Lipinski definition) is 0. The van der Waals surface area contributed by atoms with Gasteiger partial charge in [-0.05, 0) is 42.9 Å². The molecular formula is C25H34ClNO3. The van der Waals surface area contributed by atoms with Crippen molar-refractivity contribution >= 4 is 18.4 Å². The summed E-state index contributed by atoms with van der Waals surface area (Å²) in [6.45, 7) is 7.16. The van der Waals surface area contributed by atoms with E-state index in [0.717, 1.165) is 38.9 Å². The summed E-state index contributed by atoms with van der Waals surface area (Å²) in [6.07, 6.45) is 3.67. The Morgan fingerprint density at radius 3 is 2.23 bits per heavy atom. The molecular weight excluding hydrogens is 398 g/mol. The third-order valence-corrected chi connectivity index (χ3v) is 5.59. The largest absolute Gasteiger partial charge is 0.466 e. The summed E-state index contributed by atoms with van der Waals surface area (Å²) in [5, 5.41) is 0. The molecule has 3 rings (SSSR count). The molecule has 0 saturated carbocycles. The van der Waals surface area contributed by atoms with E-state index >= 15 is 0 Å². The fraction of sp³-hybridized carbons (Fsp3) is 0.480. The molecule has 2 aromatic rings. The van der Waals surface area contributed by atoms with Crippen molar-refractivity contribution < 1.29 is 14.3 Å². The van der Waals surface area contributed by atoms with E-state index in [1.165, 1.54) is 16.7 Å². The Morgan fingerprint density at radius 2 is 1.63 bits per heavy atom. The van der Waals surface area contributed by atoms with Crippen LogP contribution in [0.3, 0.4) is 0 Å². The SMILES string of the molecule is CCOC(=O)CCN1CCC(OC(c2ccccc2)c2ccc(CC)cc2)CC1.Cl. The summed E-state index contributed by atoms with van der Waals surface area (Å²) in [5.41, 5.74) is 3.75. The van der Waals surface area contributed by atoms with Gasteiger partial charge in [-0.15, -0.1) is 12.4 Å². The van der Waals surface area contributed by atoms with Crippen LogP contribution in [0.4, 0.5) is 0 Å². The Bertz CT molecular complexity index is 743. The Kier molecular flexibility index (Phi) is 10.4. The van der Waals surface area contributed by atoms with Crippen molar-refractivity contribution in [3.63, 3.8) is 0 Å². The number of piperidine rings is 1. The van der Waals surface area contributed by atoms with Crippen molar-refractivity contribution in [3.05, 3.63) is 71.3 Å². The summed E-state index contributed by atoms with van der Waals surface area (Å²) < 4.78 is 11.7. The number of likely N-dealkylation sites (tertiary alicyclic amines) is 1. The van der Waals surface area contributed by atoms with Crippen LogP contribution >= 0.6 is 12.4 Å². The number of carbonyl (C=O) groups excluding carboxylic acids is 1. The molecule has 0 aromatic heterocycles. The zero-order valence-corrected chi connectivity index (χ0v) is 18.9. The van der Waals surface area contributed by atoms with E-state index in [1.54, 1.807) is 0 Å². The molecule has 164 valence electrons. The zero-order valence-electron chi connectivity index (χ0n) is 18.1. The molecule has 5 heteroatoms. The molecule has 1 unspecified atom stereocenters. The fourth-order valence-corrected chi connectivity index (χ4v) is 3.85. The molecule has 1 aliphatic heterocycles. The van der Waals surface area contributed by atoms with Gasteiger partial charge in [0, 0.05) is 19.6 Å². The molecule has 0 spiro atoms. The number of esters is 1. The number of carbonyl (C=O) groups is 1. The minimum Gasteiger partial charge on any atom is -0.466 e. The van der Waals surface area contributed by atoms with E-state index in [2.05, 4.69) is 60.4 Å². The molecule has 0 amide bonds. The Hall–Kier alpha value is -1.88. The Balaban J connectivity index is 0.00000320. The van der Waals surface area contributed by atoms with E-state index in [-0.39, 0.29) is 30.6 Å². The highest BCUT2D eigenvalue weighted by molar-refractivity contribution is 5.85. The molecule has 30 heavy (non-hydrogen) atoms. The van der Waals surface area contributed by atoms with Gasteiger partial charge in [0.05, 0.1) is 19.1 Å². The first-order valence-corrected chi connectivity index (χ1v) is 10.9. The summed E-state index contributed by atoms with van der Waals surface area (Å²) in [6, 6.07) is 19.3. The van der Waals surface area contributed by atoms with Gasteiger partial charge >= 0.3 is 5.97 Å². The van der Waals surface area contributed by atoms with Gasteiger partial charge in [0.1, 0.15) is 6.10 Å². The topological polar surface area (TPSA) is 38.8 Å². The second-order valence-electron chi connectivity index (χ2n) is 7.62. The molecule has 0 bridgehead atoms. The fourth-order valence-electron chi connectivity index (χ4n) is 3.85. The lowest BCUT2D eigenvalue weighted by Crippen LogP contribution is -2.38. The standard InChI is InChI=1S/C25H33NO3.ClH/c1-3-20-10-12-22(13-11-20)25(21-8-6-5-7-9-21)29-23-14-17-26(18-15-23)19-16-24(27)28-4-2;/h5-13,23,25H,3-4,14-19H2,1-2H3;1H. The maximum atomic E-state index is 11.6. The monoisotopic (exact) mass is 431 g/mol. The molecule has 1 saturated heterocycles. The van der Waals surface area contributed by atoms with Crippen molar-refractivity contribution in [2.75, 3.05) is 26.2 Å². The van der Waals surface area contributed by atoms with Gasteiger partial charge in [-0.25, -0.2) is 0 Å². The lowest BCUT2D eigenvalue weighted by Gasteiger charge is -2.34. The minimum absolute atomic E-state index is 0. The van der Waals surface area contributed by atoms with E-state index in [1.807, 2.05) is 13.0 Å². The summed E-state index contributed by atoms with van der Waals surface area (Å²) in [4.78, 5) is 13.9. The lowest BCUT2D eigenvalue weighted by atomic mass is 9.98. The molecule has 2 aromatic carbocycles. The van der Waals surface area contributed by atoms with Crippen LogP contribution in [0.2, 0.25) is 0 Å². The van der Waals surface area contributed by atoms with Gasteiger partial charge in [0.2, 0.25) is 0 Å². The molecule has 1 heterocycles. The van der Waals surface area contributed by atoms with Gasteiger partial charge in [0.25, 0.3) is 0 Å². The summed E-state index contributed by atoms with van der Waals surface area (Å²) >= 11 is 0. The average molecular weight is 432 g/mol. The van der Waals surface area contributed by atoms with E-state index in [0.29, 0.717) is 13.0 Å². The van der Waals surface area contributed by atoms with Crippen molar-refractivity contribution in [3.8, 4) is 0 Å². The number of aryl methyl sites for hydroxylation is 1. The molecule has 1 atom stereocenters. The Morgan fingerprint density at radius 1 is 1.00 bits per heavy atom. The van der Waals surface area contributed by atoms with Crippen LogP contribution < -0.4 is 0 Å². The lowest BCUT2D eigenvalue weighted by molar-refractivity contribution is -0.143. The predicted molar refractivity (Wildman–Crippen MR) is 123 cm³/mol. The van der Waals surface area contributed by atoms with Crippen molar-refractivity contribution in [2.24, 2.45) is 0 Å². The molecule has 1 aliphatic rings. The third-order valence-electron chi connectivity index (χ3n) is 5.59. The van der Waals surface area contributed by atoms with E-state index in [4.69, 9.17) is 9.47 Å². The number of halogens is 1. The van der Waals surface area contributed by atoms with Crippen LogP contribution in [0.5, 0.6) is 0 Å². The highest BCUT2D eigenvalue weighted by atomic mass is 35.5. The van der Waals surface area contributed by atoms with Crippen molar-refractivity contribution in [1.29, 1.82) is 0 Å². The number of hydrogen-bond acceptors (Lipinski definition) is 4. The van der Waals surface area contributed by atoms with Crippen molar-refractivity contribution in [1.82, 2.24) is 4.90 Å². The summed E-state index contributed by atoms with van der Waals surface area (Å²) in [7, 11) is 0. The van der Waals surface area contributed by atoms with Gasteiger partial charge in [0.15, 0.2) is 0 Å². The normalized spacial score (nSPS) is 15.9. The third kappa shape index (κ3) is 7.12. The molecule has 1 fully saturated rings. The van der Waals surface area contributed by atoms with Crippen LogP contribution in [-0.2, 0) is 20.7 Å². The van der Waals surface area contributed by atoms with Crippen LogP contribution in [0.15, 0.2) is 54.6 Å². The zero-order chi connectivity index (χ0) is 20.5. The maximum Gasteiger partial charge on any atom is 0.307 e. The molecule has 0 aliphatic carbocycles. The predicted octanol–water partition coefficient (Wildman–Crippen LogP) is 5.19. The number of benzene rings is 2. The number of nitrogens with zero attached hydrogens (tertiary/aromatic N) is 1. The van der Waals surface area contributed by atoms with Crippen LogP contribution in [0.1, 0.15) is 55.9 Å². The van der Waals surface area contributed by atoms with Crippen LogP contribution in [-0.4, -0.2) is 43.2 Å². The second kappa shape index (κ2) is 12.7. The van der Waals surface area contributed by atoms with E-state index < -0.39 is 0 Å².